The largest absolute Gasteiger partial charge is 0.326 e. The summed E-state index contributed by atoms with van der Waals surface area (Å²) >= 11 is 0. The van der Waals surface area contributed by atoms with E-state index in [0.717, 1.165) is 5.92 Å². The summed E-state index contributed by atoms with van der Waals surface area (Å²) in [6.45, 7) is 0.625. The summed E-state index contributed by atoms with van der Waals surface area (Å²) in [5, 5.41) is 4.38. The number of hydrogen-bond acceptors (Lipinski definition) is 2. The lowest BCUT2D eigenvalue weighted by molar-refractivity contribution is 0.744. The second-order valence-electron chi connectivity index (χ2n) is 3.19. The van der Waals surface area contributed by atoms with Crippen molar-refractivity contribution in [3.8, 4) is 0 Å². The zero-order valence-electron chi connectivity index (χ0n) is 6.75. The first-order valence-electron chi connectivity index (χ1n) is 4.03. The van der Waals surface area contributed by atoms with E-state index in [9.17, 15) is 0 Å². The number of rotatable bonds is 2. The van der Waals surface area contributed by atoms with Gasteiger partial charge < -0.3 is 5.73 Å². The van der Waals surface area contributed by atoms with Crippen LogP contribution in [0.5, 0.6) is 0 Å². The molecule has 0 bridgehead atoms. The first-order valence-corrected chi connectivity index (χ1v) is 4.03. The zero-order valence-corrected chi connectivity index (χ0v) is 6.75. The van der Waals surface area contributed by atoms with Crippen LogP contribution in [0.1, 0.15) is 30.0 Å². The Kier molecular flexibility index (Phi) is 1.46. The van der Waals surface area contributed by atoms with Crippen LogP contribution in [0.2, 0.25) is 0 Å². The maximum absolute atomic E-state index is 5.58. The summed E-state index contributed by atoms with van der Waals surface area (Å²) < 4.78 is 1.86. The van der Waals surface area contributed by atoms with Crippen molar-refractivity contribution >= 4 is 0 Å². The maximum atomic E-state index is 5.58. The quantitative estimate of drug-likeness (QED) is 0.678. The third-order valence-electron chi connectivity index (χ3n) is 2.12. The molecule has 0 atom stereocenters. The Morgan fingerprint density at radius 2 is 2.45 bits per heavy atom. The molecule has 1 heterocycles. The van der Waals surface area contributed by atoms with Crippen molar-refractivity contribution in [2.75, 3.05) is 0 Å². The van der Waals surface area contributed by atoms with Crippen LogP contribution in [0.3, 0.4) is 0 Å². The normalized spacial score (nSPS) is 17.3. The van der Waals surface area contributed by atoms with E-state index in [0.29, 0.717) is 6.54 Å². The summed E-state index contributed by atoms with van der Waals surface area (Å²) in [5.74, 6) is 0.717. The van der Waals surface area contributed by atoms with Gasteiger partial charge in [-0.15, -0.1) is 0 Å². The minimum atomic E-state index is 0.625. The van der Waals surface area contributed by atoms with Crippen LogP contribution in [0.4, 0.5) is 0 Å². The van der Waals surface area contributed by atoms with Crippen molar-refractivity contribution < 1.29 is 0 Å². The van der Waals surface area contributed by atoms with Gasteiger partial charge in [0.2, 0.25) is 0 Å². The Bertz CT molecular complexity index is 260. The van der Waals surface area contributed by atoms with Gasteiger partial charge in [0.15, 0.2) is 0 Å². The molecule has 2 rings (SSSR count). The van der Waals surface area contributed by atoms with Gasteiger partial charge in [-0.1, -0.05) is 0 Å². The van der Waals surface area contributed by atoms with E-state index >= 15 is 0 Å². The Morgan fingerprint density at radius 3 is 3.00 bits per heavy atom. The van der Waals surface area contributed by atoms with E-state index in [1.54, 1.807) is 0 Å². The molecule has 0 unspecified atom stereocenters. The smallest absolute Gasteiger partial charge is 0.0700 e. The van der Waals surface area contributed by atoms with Gasteiger partial charge in [0.25, 0.3) is 0 Å². The van der Waals surface area contributed by atoms with Gasteiger partial charge >= 0.3 is 0 Å². The highest BCUT2D eigenvalue weighted by Crippen LogP contribution is 2.40. The molecule has 1 fully saturated rings. The fraction of sp³-hybridized carbons (Fsp3) is 0.625. The summed E-state index contributed by atoms with van der Waals surface area (Å²) in [6.07, 6.45) is 4.61. The van der Waals surface area contributed by atoms with Crippen molar-refractivity contribution in [3.05, 3.63) is 17.5 Å². The van der Waals surface area contributed by atoms with E-state index in [-0.39, 0.29) is 0 Å². The highest BCUT2D eigenvalue weighted by Gasteiger charge is 2.28. The number of nitrogens with two attached hydrogens (primary N) is 1. The molecule has 60 valence electrons. The van der Waals surface area contributed by atoms with Gasteiger partial charge in [-0.3, -0.25) is 4.68 Å². The second-order valence-corrected chi connectivity index (χ2v) is 3.19. The first-order chi connectivity index (χ1) is 5.31. The van der Waals surface area contributed by atoms with Gasteiger partial charge in [0.1, 0.15) is 0 Å². The Labute approximate surface area is 66.2 Å². The van der Waals surface area contributed by atoms with Crippen LogP contribution in [0.25, 0.3) is 0 Å². The standard InChI is InChI=1S/C8H13N3/c1-11-5-7(4-9)8(10-11)6-2-3-6/h5-6H,2-4,9H2,1H3. The average Bonchev–Trinajstić information content (AvgIpc) is 2.75. The van der Waals surface area contributed by atoms with Gasteiger partial charge in [-0.25, -0.2) is 0 Å². The molecule has 0 saturated heterocycles. The minimum Gasteiger partial charge on any atom is -0.326 e. The third kappa shape index (κ3) is 1.16. The van der Waals surface area contributed by atoms with Crippen molar-refractivity contribution in [3.63, 3.8) is 0 Å². The zero-order chi connectivity index (χ0) is 7.84. The van der Waals surface area contributed by atoms with Crippen LogP contribution >= 0.6 is 0 Å². The Hall–Kier alpha value is -0.830. The molecule has 3 nitrogen and oxygen atoms in total. The highest BCUT2D eigenvalue weighted by molar-refractivity contribution is 5.24. The van der Waals surface area contributed by atoms with E-state index < -0.39 is 0 Å². The molecule has 0 radical (unpaired) electrons. The Balaban J connectivity index is 2.34. The molecule has 1 aromatic rings. The minimum absolute atomic E-state index is 0.625. The maximum Gasteiger partial charge on any atom is 0.0700 e. The van der Waals surface area contributed by atoms with Crippen molar-refractivity contribution in [2.24, 2.45) is 12.8 Å². The van der Waals surface area contributed by atoms with E-state index in [1.165, 1.54) is 24.1 Å². The first kappa shape index (κ1) is 6.85. The molecule has 1 aliphatic carbocycles. The average molecular weight is 151 g/mol. The molecule has 1 aliphatic rings. The fourth-order valence-corrected chi connectivity index (χ4v) is 1.41. The van der Waals surface area contributed by atoms with Gasteiger partial charge in [0.05, 0.1) is 5.69 Å². The molecule has 11 heavy (non-hydrogen) atoms. The van der Waals surface area contributed by atoms with E-state index in [2.05, 4.69) is 5.10 Å². The summed E-state index contributed by atoms with van der Waals surface area (Å²) in [5.41, 5.74) is 8.03. The van der Waals surface area contributed by atoms with Crippen molar-refractivity contribution in [1.29, 1.82) is 0 Å². The predicted octanol–water partition coefficient (Wildman–Crippen LogP) is 0.756. The van der Waals surface area contributed by atoms with E-state index in [1.807, 2.05) is 17.9 Å². The number of aryl methyl sites for hydroxylation is 1. The number of nitrogens with zero attached hydrogens (tertiary/aromatic N) is 2. The molecule has 1 saturated carbocycles. The van der Waals surface area contributed by atoms with Crippen molar-refractivity contribution in [2.45, 2.75) is 25.3 Å². The lowest BCUT2D eigenvalue weighted by atomic mass is 10.2. The van der Waals surface area contributed by atoms with Gasteiger partial charge in [-0.05, 0) is 12.8 Å². The molecule has 0 amide bonds. The van der Waals surface area contributed by atoms with Gasteiger partial charge in [0, 0.05) is 31.3 Å². The summed E-state index contributed by atoms with van der Waals surface area (Å²) in [4.78, 5) is 0. The second kappa shape index (κ2) is 2.34. The Morgan fingerprint density at radius 1 is 1.73 bits per heavy atom. The molecule has 3 heteroatoms. The van der Waals surface area contributed by atoms with Crippen LogP contribution in [-0.4, -0.2) is 9.78 Å². The van der Waals surface area contributed by atoms with Crippen LogP contribution in [0, 0.1) is 0 Å². The molecule has 0 spiro atoms. The topological polar surface area (TPSA) is 43.8 Å². The molecular weight excluding hydrogens is 138 g/mol. The number of hydrogen-bond donors (Lipinski definition) is 1. The van der Waals surface area contributed by atoms with Crippen LogP contribution in [0.15, 0.2) is 6.20 Å². The van der Waals surface area contributed by atoms with Crippen LogP contribution in [-0.2, 0) is 13.6 Å². The lowest BCUT2D eigenvalue weighted by Crippen LogP contribution is -1.97. The third-order valence-corrected chi connectivity index (χ3v) is 2.12. The highest BCUT2D eigenvalue weighted by atomic mass is 15.3. The molecule has 2 N–H and O–H groups in total. The molecule has 0 aromatic carbocycles. The summed E-state index contributed by atoms with van der Waals surface area (Å²) in [7, 11) is 1.95. The SMILES string of the molecule is Cn1cc(CN)c(C2CC2)n1. The summed E-state index contributed by atoms with van der Waals surface area (Å²) in [6, 6.07) is 0. The molecule has 1 aromatic heterocycles. The predicted molar refractivity (Wildman–Crippen MR) is 43.1 cm³/mol. The number of aromatic nitrogens is 2. The van der Waals surface area contributed by atoms with Crippen LogP contribution < -0.4 is 5.73 Å². The molecule has 0 aliphatic heterocycles. The molecular formula is C8H13N3. The monoisotopic (exact) mass is 151 g/mol. The van der Waals surface area contributed by atoms with Gasteiger partial charge in [-0.2, -0.15) is 5.10 Å². The fourth-order valence-electron chi connectivity index (χ4n) is 1.41. The van der Waals surface area contributed by atoms with E-state index in [4.69, 9.17) is 5.73 Å². The van der Waals surface area contributed by atoms with Crippen molar-refractivity contribution in [1.82, 2.24) is 9.78 Å². The lowest BCUT2D eigenvalue weighted by Gasteiger charge is -1.93.